The zero-order chi connectivity index (χ0) is 14.4. The second kappa shape index (κ2) is 6.48. The summed E-state index contributed by atoms with van der Waals surface area (Å²) in [4.78, 5) is 14.8. The van der Waals surface area contributed by atoms with E-state index in [4.69, 9.17) is 5.84 Å². The van der Waals surface area contributed by atoms with Crippen LogP contribution in [-0.4, -0.2) is 16.5 Å². The molecule has 0 aliphatic rings. The number of nitrogens with two attached hydrogens (primary N) is 1. The maximum absolute atomic E-state index is 11.1. The van der Waals surface area contributed by atoms with Crippen molar-refractivity contribution < 1.29 is 4.92 Å². The highest BCUT2D eigenvalue weighted by atomic mass is 16.6. The van der Waals surface area contributed by atoms with Gasteiger partial charge >= 0.3 is 5.69 Å². The van der Waals surface area contributed by atoms with Crippen LogP contribution in [0.1, 0.15) is 5.69 Å². The summed E-state index contributed by atoms with van der Waals surface area (Å²) >= 11 is 0. The van der Waals surface area contributed by atoms with Gasteiger partial charge in [-0.2, -0.15) is 0 Å². The predicted molar refractivity (Wildman–Crippen MR) is 77.3 cm³/mol. The lowest BCUT2D eigenvalue weighted by Gasteiger charge is -2.09. The van der Waals surface area contributed by atoms with Crippen LogP contribution in [0.2, 0.25) is 0 Å². The number of nitro groups is 1. The topological polar surface area (TPSA) is 106 Å². The molecule has 20 heavy (non-hydrogen) atoms. The lowest BCUT2D eigenvalue weighted by Crippen LogP contribution is -2.12. The van der Waals surface area contributed by atoms with Crippen LogP contribution < -0.4 is 16.6 Å². The summed E-state index contributed by atoms with van der Waals surface area (Å²) in [5.74, 6) is 5.28. The molecule has 7 heteroatoms. The number of anilines is 2. The number of benzene rings is 1. The van der Waals surface area contributed by atoms with Gasteiger partial charge in [-0.15, -0.1) is 0 Å². The average molecular weight is 273 g/mol. The van der Waals surface area contributed by atoms with E-state index in [-0.39, 0.29) is 11.4 Å². The summed E-state index contributed by atoms with van der Waals surface area (Å²) in [6, 6.07) is 10.6. The molecule has 0 spiro atoms. The van der Waals surface area contributed by atoms with E-state index in [0.717, 1.165) is 5.69 Å². The van der Waals surface area contributed by atoms with Crippen LogP contribution >= 0.6 is 0 Å². The SMILES string of the molecule is NNc1cccc(NCCc2ccccn2)c1[N+](=O)[O-]. The Bertz CT molecular complexity index is 589. The Morgan fingerprint density at radius 3 is 2.65 bits per heavy atom. The number of hydrazine groups is 1. The predicted octanol–water partition coefficient (Wildman–Crippen LogP) is 1.93. The van der Waals surface area contributed by atoms with Gasteiger partial charge in [0.15, 0.2) is 0 Å². The number of rotatable bonds is 6. The van der Waals surface area contributed by atoms with Crippen LogP contribution in [0.5, 0.6) is 0 Å². The summed E-state index contributed by atoms with van der Waals surface area (Å²) in [7, 11) is 0. The Morgan fingerprint density at radius 1 is 1.20 bits per heavy atom. The fraction of sp³-hybridized carbons (Fsp3) is 0.154. The quantitative estimate of drug-likeness (QED) is 0.422. The van der Waals surface area contributed by atoms with Crippen molar-refractivity contribution in [1.29, 1.82) is 0 Å². The molecule has 0 bridgehead atoms. The summed E-state index contributed by atoms with van der Waals surface area (Å²) in [6.07, 6.45) is 2.40. The molecule has 0 saturated heterocycles. The number of pyridine rings is 1. The van der Waals surface area contributed by atoms with E-state index in [0.29, 0.717) is 18.7 Å². The normalized spacial score (nSPS) is 10.1. The van der Waals surface area contributed by atoms with Gasteiger partial charge in [-0.05, 0) is 24.3 Å². The van der Waals surface area contributed by atoms with Gasteiger partial charge in [0, 0.05) is 24.9 Å². The van der Waals surface area contributed by atoms with E-state index >= 15 is 0 Å². The highest BCUT2D eigenvalue weighted by Gasteiger charge is 2.18. The van der Waals surface area contributed by atoms with Crippen molar-refractivity contribution in [3.8, 4) is 0 Å². The smallest absolute Gasteiger partial charge is 0.316 e. The van der Waals surface area contributed by atoms with Crippen molar-refractivity contribution in [2.75, 3.05) is 17.3 Å². The summed E-state index contributed by atoms with van der Waals surface area (Å²) in [5.41, 5.74) is 3.91. The maximum Gasteiger partial charge on any atom is 0.316 e. The third-order valence-electron chi connectivity index (χ3n) is 2.80. The molecule has 1 heterocycles. The van der Waals surface area contributed by atoms with E-state index < -0.39 is 4.92 Å². The molecule has 0 unspecified atom stereocenters. The minimum atomic E-state index is -0.460. The Morgan fingerprint density at radius 2 is 2.00 bits per heavy atom. The van der Waals surface area contributed by atoms with E-state index in [1.54, 1.807) is 24.4 Å². The number of para-hydroxylation sites is 1. The fourth-order valence-corrected chi connectivity index (χ4v) is 1.87. The lowest BCUT2D eigenvalue weighted by molar-refractivity contribution is -0.383. The Labute approximate surface area is 116 Å². The molecule has 1 aromatic carbocycles. The second-order valence-electron chi connectivity index (χ2n) is 4.10. The van der Waals surface area contributed by atoms with E-state index in [1.165, 1.54) is 0 Å². The molecule has 0 aliphatic heterocycles. The van der Waals surface area contributed by atoms with E-state index in [2.05, 4.69) is 15.7 Å². The molecule has 0 saturated carbocycles. The average Bonchev–Trinajstić information content (AvgIpc) is 2.47. The van der Waals surface area contributed by atoms with Crippen molar-refractivity contribution in [1.82, 2.24) is 4.98 Å². The minimum Gasteiger partial charge on any atom is -0.379 e. The van der Waals surface area contributed by atoms with Crippen LogP contribution in [0.15, 0.2) is 42.6 Å². The highest BCUT2D eigenvalue weighted by molar-refractivity contribution is 5.75. The number of hydrogen-bond acceptors (Lipinski definition) is 6. The number of aromatic nitrogens is 1. The van der Waals surface area contributed by atoms with Crippen molar-refractivity contribution in [2.24, 2.45) is 5.84 Å². The van der Waals surface area contributed by atoms with Crippen molar-refractivity contribution in [3.05, 3.63) is 58.4 Å². The number of nitrogen functional groups attached to an aromatic ring is 1. The van der Waals surface area contributed by atoms with Gasteiger partial charge < -0.3 is 10.7 Å². The molecular formula is C13H15N5O2. The number of hydrogen-bond donors (Lipinski definition) is 3. The largest absolute Gasteiger partial charge is 0.379 e. The molecule has 1 aromatic heterocycles. The lowest BCUT2D eigenvalue weighted by atomic mass is 10.2. The second-order valence-corrected chi connectivity index (χ2v) is 4.10. The van der Waals surface area contributed by atoms with Crippen LogP contribution in [0.3, 0.4) is 0 Å². The van der Waals surface area contributed by atoms with Crippen molar-refractivity contribution >= 4 is 17.1 Å². The Kier molecular flexibility index (Phi) is 4.46. The molecular weight excluding hydrogens is 258 g/mol. The third kappa shape index (κ3) is 3.21. The fourth-order valence-electron chi connectivity index (χ4n) is 1.87. The molecule has 2 rings (SSSR count). The van der Waals surface area contributed by atoms with E-state index in [9.17, 15) is 10.1 Å². The van der Waals surface area contributed by atoms with Gasteiger partial charge in [0.05, 0.1) is 4.92 Å². The standard InChI is InChI=1S/C13H15N5O2/c14-17-12-6-3-5-11(13(12)18(19)20)16-9-7-10-4-1-2-8-15-10/h1-6,8,16-17H,7,9,14H2. The summed E-state index contributed by atoms with van der Waals surface area (Å²) in [6.45, 7) is 0.547. The zero-order valence-electron chi connectivity index (χ0n) is 10.7. The van der Waals surface area contributed by atoms with Crippen LogP contribution in [-0.2, 0) is 6.42 Å². The molecule has 0 atom stereocenters. The van der Waals surface area contributed by atoms with Crippen LogP contribution in [0, 0.1) is 10.1 Å². The minimum absolute atomic E-state index is 0.0592. The number of nitrogens with one attached hydrogen (secondary N) is 2. The van der Waals surface area contributed by atoms with E-state index in [1.807, 2.05) is 18.2 Å². The van der Waals surface area contributed by atoms with Crippen LogP contribution in [0.4, 0.5) is 17.1 Å². The molecule has 0 fully saturated rings. The van der Waals surface area contributed by atoms with Gasteiger partial charge in [-0.3, -0.25) is 20.9 Å². The molecule has 4 N–H and O–H groups in total. The van der Waals surface area contributed by atoms with Gasteiger partial charge in [0.2, 0.25) is 0 Å². The molecule has 0 radical (unpaired) electrons. The molecule has 0 aliphatic carbocycles. The maximum atomic E-state index is 11.1. The first-order valence-electron chi connectivity index (χ1n) is 6.10. The number of nitrogens with zero attached hydrogens (tertiary/aromatic N) is 2. The summed E-state index contributed by atoms with van der Waals surface area (Å²) < 4.78 is 0. The first-order valence-corrected chi connectivity index (χ1v) is 6.10. The van der Waals surface area contributed by atoms with Gasteiger partial charge in [0.25, 0.3) is 0 Å². The van der Waals surface area contributed by atoms with Crippen molar-refractivity contribution in [3.63, 3.8) is 0 Å². The summed E-state index contributed by atoms with van der Waals surface area (Å²) in [5, 5.41) is 14.1. The van der Waals surface area contributed by atoms with Gasteiger partial charge in [-0.1, -0.05) is 12.1 Å². The molecule has 2 aromatic rings. The van der Waals surface area contributed by atoms with Crippen molar-refractivity contribution in [2.45, 2.75) is 6.42 Å². The monoisotopic (exact) mass is 273 g/mol. The Hall–Kier alpha value is -2.67. The van der Waals surface area contributed by atoms with Crippen LogP contribution in [0.25, 0.3) is 0 Å². The molecule has 0 amide bonds. The number of nitro benzene ring substituents is 1. The third-order valence-corrected chi connectivity index (χ3v) is 2.80. The zero-order valence-corrected chi connectivity index (χ0v) is 10.7. The first kappa shape index (κ1) is 13.8. The molecule has 104 valence electrons. The first-order chi connectivity index (χ1) is 9.72. The van der Waals surface area contributed by atoms with Gasteiger partial charge in [-0.25, -0.2) is 0 Å². The van der Waals surface area contributed by atoms with Gasteiger partial charge in [0.1, 0.15) is 11.4 Å². The molecule has 7 nitrogen and oxygen atoms in total. The highest BCUT2D eigenvalue weighted by Crippen LogP contribution is 2.31. The Balaban J connectivity index is 2.08.